The second kappa shape index (κ2) is 3.75. The van der Waals surface area contributed by atoms with E-state index >= 15 is 0 Å². The van der Waals surface area contributed by atoms with Gasteiger partial charge in [0, 0.05) is 22.7 Å². The Labute approximate surface area is 101 Å². The topological polar surface area (TPSA) is 50.2 Å². The van der Waals surface area contributed by atoms with E-state index in [0.29, 0.717) is 16.4 Å². The van der Waals surface area contributed by atoms with Crippen LogP contribution in [-0.2, 0) is 0 Å². The monoisotopic (exact) mass is 245 g/mol. The predicted molar refractivity (Wildman–Crippen MR) is 66.3 cm³/mol. The van der Waals surface area contributed by atoms with Gasteiger partial charge in [-0.15, -0.1) is 0 Å². The Balaban J connectivity index is 2.32. The van der Waals surface area contributed by atoms with Crippen LogP contribution in [0.25, 0.3) is 16.9 Å². The summed E-state index contributed by atoms with van der Waals surface area (Å²) in [5.41, 5.74) is 1.95. The summed E-state index contributed by atoms with van der Waals surface area (Å²) in [5, 5.41) is 4.52. The third-order valence-electron chi connectivity index (χ3n) is 2.55. The van der Waals surface area contributed by atoms with Gasteiger partial charge in [-0.2, -0.15) is 9.61 Å². The highest BCUT2D eigenvalue weighted by atomic mass is 35.5. The molecule has 17 heavy (non-hydrogen) atoms. The molecule has 0 unspecified atom stereocenters. The molecule has 0 fully saturated rings. The van der Waals surface area contributed by atoms with Gasteiger partial charge < -0.3 is 4.98 Å². The molecular formula is C12H8ClN3O. The number of aromatic nitrogens is 3. The van der Waals surface area contributed by atoms with Gasteiger partial charge in [0.2, 0.25) is 0 Å². The van der Waals surface area contributed by atoms with Crippen molar-refractivity contribution in [1.82, 2.24) is 14.6 Å². The first kappa shape index (κ1) is 10.1. The fraction of sp³-hybridized carbons (Fsp3) is 0. The van der Waals surface area contributed by atoms with Gasteiger partial charge in [0.05, 0.1) is 11.9 Å². The van der Waals surface area contributed by atoms with Gasteiger partial charge in [0.1, 0.15) is 5.65 Å². The Morgan fingerprint density at radius 3 is 2.88 bits per heavy atom. The molecule has 0 amide bonds. The van der Waals surface area contributed by atoms with Crippen molar-refractivity contribution in [2.24, 2.45) is 0 Å². The van der Waals surface area contributed by atoms with Crippen LogP contribution < -0.4 is 5.56 Å². The van der Waals surface area contributed by atoms with E-state index in [0.717, 1.165) is 5.56 Å². The fourth-order valence-electron chi connectivity index (χ4n) is 1.76. The van der Waals surface area contributed by atoms with Crippen molar-refractivity contribution in [3.8, 4) is 11.3 Å². The van der Waals surface area contributed by atoms with E-state index in [4.69, 9.17) is 11.6 Å². The van der Waals surface area contributed by atoms with E-state index in [2.05, 4.69) is 10.1 Å². The Kier molecular flexibility index (Phi) is 2.23. The van der Waals surface area contributed by atoms with Crippen molar-refractivity contribution in [3.63, 3.8) is 0 Å². The average molecular weight is 246 g/mol. The van der Waals surface area contributed by atoms with Crippen molar-refractivity contribution in [3.05, 3.63) is 58.0 Å². The molecule has 3 rings (SSSR count). The van der Waals surface area contributed by atoms with E-state index in [9.17, 15) is 4.79 Å². The van der Waals surface area contributed by atoms with E-state index in [1.807, 2.05) is 18.2 Å². The number of halogens is 1. The van der Waals surface area contributed by atoms with Crippen LogP contribution in [0.4, 0.5) is 0 Å². The van der Waals surface area contributed by atoms with Gasteiger partial charge in [-0.25, -0.2) is 0 Å². The highest BCUT2D eigenvalue weighted by Crippen LogP contribution is 2.25. The van der Waals surface area contributed by atoms with E-state index in [1.54, 1.807) is 18.3 Å². The molecule has 1 N–H and O–H groups in total. The molecule has 4 nitrogen and oxygen atoms in total. The van der Waals surface area contributed by atoms with E-state index in [1.165, 1.54) is 10.6 Å². The van der Waals surface area contributed by atoms with Crippen molar-refractivity contribution in [2.75, 3.05) is 0 Å². The highest BCUT2D eigenvalue weighted by Gasteiger charge is 2.06. The average Bonchev–Trinajstić information content (AvgIpc) is 2.78. The highest BCUT2D eigenvalue weighted by molar-refractivity contribution is 6.33. The van der Waals surface area contributed by atoms with Gasteiger partial charge >= 0.3 is 0 Å². The molecular weight excluding hydrogens is 238 g/mol. The maximum absolute atomic E-state index is 11.8. The summed E-state index contributed by atoms with van der Waals surface area (Å²) in [6.07, 6.45) is 1.57. The molecule has 2 heterocycles. The lowest BCUT2D eigenvalue weighted by Crippen LogP contribution is -2.14. The van der Waals surface area contributed by atoms with Crippen molar-refractivity contribution >= 4 is 17.2 Å². The first-order valence-electron chi connectivity index (χ1n) is 5.08. The largest absolute Gasteiger partial charge is 0.339 e. The molecule has 84 valence electrons. The van der Waals surface area contributed by atoms with Gasteiger partial charge in [0.25, 0.3) is 5.56 Å². The molecule has 0 aliphatic rings. The number of aromatic amines is 1. The molecule has 2 aromatic heterocycles. The molecule has 0 radical (unpaired) electrons. The third kappa shape index (κ3) is 1.62. The summed E-state index contributed by atoms with van der Waals surface area (Å²) in [6, 6.07) is 10.6. The standard InChI is InChI=1S/C12H8ClN3O/c13-9-4-2-1-3-8(9)10-7-12(17)16-11(15-10)5-6-14-16/h1-7,15H. The summed E-state index contributed by atoms with van der Waals surface area (Å²) >= 11 is 6.09. The van der Waals surface area contributed by atoms with Crippen LogP contribution in [0.3, 0.4) is 0 Å². The van der Waals surface area contributed by atoms with Gasteiger partial charge in [0.15, 0.2) is 0 Å². The number of nitrogens with zero attached hydrogens (tertiary/aromatic N) is 2. The Morgan fingerprint density at radius 1 is 1.24 bits per heavy atom. The van der Waals surface area contributed by atoms with Crippen LogP contribution in [0.15, 0.2) is 47.4 Å². The molecule has 0 bridgehead atoms. The molecule has 0 aliphatic carbocycles. The molecule has 0 saturated carbocycles. The Bertz CT molecular complexity index is 745. The number of benzene rings is 1. The first-order valence-corrected chi connectivity index (χ1v) is 5.45. The van der Waals surface area contributed by atoms with Crippen molar-refractivity contribution in [1.29, 1.82) is 0 Å². The van der Waals surface area contributed by atoms with Crippen molar-refractivity contribution in [2.45, 2.75) is 0 Å². The van der Waals surface area contributed by atoms with Crippen LogP contribution in [0.2, 0.25) is 5.02 Å². The minimum atomic E-state index is -0.182. The smallest absolute Gasteiger partial charge is 0.274 e. The quantitative estimate of drug-likeness (QED) is 0.715. The molecule has 0 saturated heterocycles. The second-order valence-corrected chi connectivity index (χ2v) is 4.04. The lowest BCUT2D eigenvalue weighted by atomic mass is 10.1. The lowest BCUT2D eigenvalue weighted by molar-refractivity contribution is 0.901. The molecule has 0 spiro atoms. The number of fused-ring (bicyclic) bond motifs is 1. The molecule has 0 aliphatic heterocycles. The van der Waals surface area contributed by atoms with Crippen LogP contribution >= 0.6 is 11.6 Å². The van der Waals surface area contributed by atoms with Crippen LogP contribution in [0.5, 0.6) is 0 Å². The van der Waals surface area contributed by atoms with Gasteiger partial charge in [-0.3, -0.25) is 4.79 Å². The number of rotatable bonds is 1. The van der Waals surface area contributed by atoms with Crippen LogP contribution in [0, 0.1) is 0 Å². The summed E-state index contributed by atoms with van der Waals surface area (Å²) in [6.45, 7) is 0. The van der Waals surface area contributed by atoms with Gasteiger partial charge in [-0.05, 0) is 6.07 Å². The van der Waals surface area contributed by atoms with E-state index in [-0.39, 0.29) is 5.56 Å². The summed E-state index contributed by atoms with van der Waals surface area (Å²) in [7, 11) is 0. The van der Waals surface area contributed by atoms with E-state index < -0.39 is 0 Å². The minimum Gasteiger partial charge on any atom is -0.339 e. The first-order chi connectivity index (χ1) is 8.25. The zero-order valence-corrected chi connectivity index (χ0v) is 9.48. The number of hydrogen-bond donors (Lipinski definition) is 1. The van der Waals surface area contributed by atoms with Crippen LogP contribution in [-0.4, -0.2) is 14.6 Å². The third-order valence-corrected chi connectivity index (χ3v) is 2.88. The predicted octanol–water partition coefficient (Wildman–Crippen LogP) is 2.34. The molecule has 3 aromatic rings. The summed E-state index contributed by atoms with van der Waals surface area (Å²) in [4.78, 5) is 14.9. The zero-order valence-electron chi connectivity index (χ0n) is 8.72. The normalized spacial score (nSPS) is 10.9. The maximum atomic E-state index is 11.8. The summed E-state index contributed by atoms with van der Waals surface area (Å²) in [5.74, 6) is 0. The molecule has 0 atom stereocenters. The van der Waals surface area contributed by atoms with Crippen LogP contribution in [0.1, 0.15) is 0 Å². The SMILES string of the molecule is O=c1cc(-c2ccccc2Cl)[nH]c2ccnn12. The number of H-pyrrole nitrogens is 1. The summed E-state index contributed by atoms with van der Waals surface area (Å²) < 4.78 is 1.31. The lowest BCUT2D eigenvalue weighted by Gasteiger charge is -2.04. The minimum absolute atomic E-state index is 0.182. The molecule has 1 aromatic carbocycles. The fourth-order valence-corrected chi connectivity index (χ4v) is 1.99. The number of nitrogens with one attached hydrogen (secondary N) is 1. The van der Waals surface area contributed by atoms with Gasteiger partial charge in [-0.1, -0.05) is 29.8 Å². The Morgan fingerprint density at radius 2 is 2.06 bits per heavy atom. The molecule has 5 heteroatoms. The maximum Gasteiger partial charge on any atom is 0.274 e. The van der Waals surface area contributed by atoms with Crippen molar-refractivity contribution < 1.29 is 0 Å². The second-order valence-electron chi connectivity index (χ2n) is 3.63. The Hall–Kier alpha value is -2.07. The zero-order chi connectivity index (χ0) is 11.8. The number of hydrogen-bond acceptors (Lipinski definition) is 2.